The summed E-state index contributed by atoms with van der Waals surface area (Å²) < 4.78 is 21.3. The van der Waals surface area contributed by atoms with Crippen molar-refractivity contribution in [1.82, 2.24) is 0 Å². The largest absolute Gasteiger partial charge is 0.424 e. The summed E-state index contributed by atoms with van der Waals surface area (Å²) in [6.07, 6.45) is 0. The Hall–Kier alpha value is -0.785. The van der Waals surface area contributed by atoms with E-state index in [1.807, 2.05) is 142 Å². The van der Waals surface area contributed by atoms with E-state index in [1.54, 1.807) is 21.3 Å². The van der Waals surface area contributed by atoms with Crippen molar-refractivity contribution in [3.05, 3.63) is 182 Å². The van der Waals surface area contributed by atoms with Gasteiger partial charge in [0.15, 0.2) is 17.4 Å². The van der Waals surface area contributed by atoms with Crippen LogP contribution >= 0.6 is 88.6 Å². The second kappa shape index (κ2) is 38.7. The number of benzene rings is 6. The zero-order valence-corrected chi connectivity index (χ0v) is 59.5. The second-order valence-electron chi connectivity index (χ2n) is 18.1. The molecule has 0 aliphatic heterocycles. The van der Waals surface area contributed by atoms with E-state index in [0.717, 1.165) is 15.6 Å². The van der Waals surface area contributed by atoms with Crippen molar-refractivity contribution >= 4 is 181 Å². The van der Waals surface area contributed by atoms with Crippen molar-refractivity contribution < 1.29 is 17.7 Å². The van der Waals surface area contributed by atoms with Gasteiger partial charge >= 0.3 is 6.69 Å². The van der Waals surface area contributed by atoms with Gasteiger partial charge in [-0.15, -0.1) is 66.5 Å². The van der Waals surface area contributed by atoms with E-state index in [1.165, 1.54) is 15.6 Å². The maximum absolute atomic E-state index is 6.49. The Kier molecular flexibility index (Phi) is 39.4. The third kappa shape index (κ3) is 36.3. The molecule has 6 aromatic carbocycles. The Bertz CT molecular complexity index is 2100. The highest BCUT2D eigenvalue weighted by Gasteiger charge is 2.33. The second-order valence-corrected chi connectivity index (χ2v) is 61.2. The molecule has 0 heterocycles. The molecule has 6 aromatic rings. The molecule has 4 nitrogen and oxygen atoms in total. The minimum absolute atomic E-state index is 0.650. The van der Waals surface area contributed by atoms with Crippen molar-refractivity contribution in [2.24, 2.45) is 0 Å². The van der Waals surface area contributed by atoms with Gasteiger partial charge in [-0.25, -0.2) is 0 Å². The summed E-state index contributed by atoms with van der Waals surface area (Å²) in [4.78, 5) is 0. The third-order valence-electron chi connectivity index (χ3n) is 9.67. The Labute approximate surface area is 483 Å². The van der Waals surface area contributed by atoms with E-state index in [0.29, 0.717) is 0 Å². The van der Waals surface area contributed by atoms with E-state index >= 15 is 0 Å². The van der Waals surface area contributed by atoms with Crippen LogP contribution in [0, 0.1) is 0 Å². The van der Waals surface area contributed by atoms with Crippen LogP contribution in [0.5, 0.6) is 0 Å². The molecule has 0 aliphatic carbocycles. The van der Waals surface area contributed by atoms with Crippen molar-refractivity contribution in [1.29, 1.82) is 0 Å². The van der Waals surface area contributed by atoms with Gasteiger partial charge in [-0.05, 0) is 110 Å². The van der Waals surface area contributed by atoms with Gasteiger partial charge in [0.2, 0.25) is 22.4 Å². The molecule has 0 N–H and O–H groups in total. The first kappa shape index (κ1) is 73.3. The first-order valence-corrected chi connectivity index (χ1v) is 53.0. The summed E-state index contributed by atoms with van der Waals surface area (Å²) in [5.74, 6) is 0. The molecule has 0 spiro atoms. The van der Waals surface area contributed by atoms with Gasteiger partial charge in [0.25, 0.3) is 15.0 Å². The van der Waals surface area contributed by atoms with Crippen molar-refractivity contribution in [3.8, 4) is 0 Å². The van der Waals surface area contributed by atoms with Crippen LogP contribution in [-0.2, 0) is 17.7 Å². The molecule has 6 rings (SSSR count). The molecule has 0 bridgehead atoms. The molecule has 0 amide bonds. The van der Waals surface area contributed by atoms with E-state index in [-0.39, 0.29) is 0 Å². The van der Waals surface area contributed by atoms with Crippen LogP contribution in [-0.4, -0.2) is 89.9 Å². The smallest absolute Gasteiger partial charge is 0.310 e. The number of hydrogen-bond acceptors (Lipinski definition) is 4. The third-order valence-corrected chi connectivity index (χ3v) is 25.7. The average Bonchev–Trinajstić information content (AvgIpc) is 3.35. The van der Waals surface area contributed by atoms with Gasteiger partial charge < -0.3 is 17.7 Å². The highest BCUT2D eigenvalue weighted by Crippen LogP contribution is 2.15. The van der Waals surface area contributed by atoms with Crippen LogP contribution in [0.25, 0.3) is 0 Å². The monoisotopic (exact) mass is 1270 g/mol. The standard InChI is InChI=1S/C14H16OSi.C12H10Cl2Si.C9H14OSi.C7H8Cl2Si.C4H12OSi.C3H10OSi.C2H6Cl2Si.CH4Cl2Si/c1-15-16(2,13-9-5-3-6-10-13)14-11-7-4-8-12-14;13-15(14,11-7-3-1-4-8-11)12-9-5-2-6-10-12;1-10-11(2,3)9-7-5-4-6-8-9;1-10(8,9)7-5-3-2-4-6-7;1-5-6(2,3)4;1-4-5(2)3;1-5(2,3)4;1-4(2)3/h3-12H,1-2H3;1-10H;4-8H,1-3H3;2-6H,1H3;1-4H3;5H,1-3H3;1-2H3;4H,1H3. The number of rotatable bonds is 10. The lowest BCUT2D eigenvalue weighted by Gasteiger charge is -2.26. The molecule has 20 heteroatoms. The van der Waals surface area contributed by atoms with Crippen LogP contribution in [0.1, 0.15) is 0 Å². The predicted octanol–water partition coefficient (Wildman–Crippen LogP) is 14.5. The fourth-order valence-electron chi connectivity index (χ4n) is 5.06. The zero-order chi connectivity index (χ0) is 55.7. The quantitative estimate of drug-likeness (QED) is 0.101. The molecule has 0 unspecified atom stereocenters. The molecular weight excluding hydrogens is 1200 g/mol. The maximum atomic E-state index is 6.49. The molecule has 72 heavy (non-hydrogen) atoms. The van der Waals surface area contributed by atoms with E-state index in [9.17, 15) is 0 Å². The lowest BCUT2D eigenvalue weighted by atomic mass is 10.4. The molecule has 0 saturated carbocycles. The van der Waals surface area contributed by atoms with E-state index in [4.69, 9.17) is 106 Å². The number of hydrogen-bond donors (Lipinski definition) is 0. The summed E-state index contributed by atoms with van der Waals surface area (Å²) in [6, 6.07) is 60.9. The average molecular weight is 1280 g/mol. The highest BCUT2D eigenvalue weighted by molar-refractivity contribution is 7.56. The Morgan fingerprint density at radius 2 is 0.556 bits per heavy atom. The molecular formula is C52H80Cl8O4Si8. The topological polar surface area (TPSA) is 36.9 Å². The Morgan fingerprint density at radius 3 is 0.722 bits per heavy atom. The Morgan fingerprint density at radius 1 is 0.347 bits per heavy atom. The fraction of sp³-hybridized carbons (Fsp3) is 0.308. The molecule has 0 atom stereocenters. The van der Waals surface area contributed by atoms with Crippen molar-refractivity contribution in [2.45, 2.75) is 78.6 Å². The normalized spacial score (nSPS) is 11.2. The van der Waals surface area contributed by atoms with Gasteiger partial charge in [0.1, 0.15) is 0 Å². The van der Waals surface area contributed by atoms with Gasteiger partial charge in [-0.2, -0.15) is 22.2 Å². The van der Waals surface area contributed by atoms with E-state index in [2.05, 4.69) is 125 Å². The van der Waals surface area contributed by atoms with Crippen LogP contribution in [0.4, 0.5) is 0 Å². The SMILES string of the molecule is CO[SiH](C)C.CO[Si](C)(C)C.CO[Si](C)(C)c1ccccc1.CO[Si](C)(c1ccccc1)c1ccccc1.C[SiH](Cl)Cl.C[Si](C)(Cl)Cl.C[Si](Cl)(Cl)c1ccccc1.Cl[Si](Cl)(c1ccccc1)c1ccccc1. The number of halogens is 8. The van der Waals surface area contributed by atoms with Gasteiger partial charge in [-0.1, -0.05) is 182 Å². The lowest BCUT2D eigenvalue weighted by molar-refractivity contribution is 0.411. The lowest BCUT2D eigenvalue weighted by Crippen LogP contribution is -2.57. The van der Waals surface area contributed by atoms with Crippen LogP contribution < -0.4 is 31.1 Å². The summed E-state index contributed by atoms with van der Waals surface area (Å²) in [7, 11) is 0.629. The Balaban J connectivity index is 0. The van der Waals surface area contributed by atoms with Crippen molar-refractivity contribution in [3.63, 3.8) is 0 Å². The molecule has 0 aliphatic rings. The van der Waals surface area contributed by atoms with Gasteiger partial charge in [0.05, 0.1) is 0 Å². The van der Waals surface area contributed by atoms with Crippen LogP contribution in [0.2, 0.25) is 78.6 Å². The first-order chi connectivity index (χ1) is 33.3. The predicted molar refractivity (Wildman–Crippen MR) is 351 cm³/mol. The summed E-state index contributed by atoms with van der Waals surface area (Å²) in [6.45, 7) is 18.6. The van der Waals surface area contributed by atoms with Gasteiger partial charge in [-0.3, -0.25) is 0 Å². The summed E-state index contributed by atoms with van der Waals surface area (Å²) in [5.41, 5.74) is 0. The molecule has 0 radical (unpaired) electrons. The molecule has 400 valence electrons. The van der Waals surface area contributed by atoms with Crippen molar-refractivity contribution in [2.75, 3.05) is 28.4 Å². The zero-order valence-electron chi connectivity index (χ0n) is 45.1. The highest BCUT2D eigenvalue weighted by atomic mass is 35.7. The molecule has 0 saturated heterocycles. The summed E-state index contributed by atoms with van der Waals surface area (Å²) in [5, 5.41) is 7.09. The van der Waals surface area contributed by atoms with E-state index < -0.39 is 61.5 Å². The molecule has 0 fully saturated rings. The minimum atomic E-state index is -2.51. The summed E-state index contributed by atoms with van der Waals surface area (Å²) >= 11 is 46.1. The van der Waals surface area contributed by atoms with Crippen LogP contribution in [0.3, 0.4) is 0 Å². The fourth-order valence-corrected chi connectivity index (χ4v) is 13.4. The first-order valence-electron chi connectivity index (χ1n) is 23.2. The minimum Gasteiger partial charge on any atom is -0.424 e. The van der Waals surface area contributed by atoms with Gasteiger partial charge in [0, 0.05) is 28.4 Å². The van der Waals surface area contributed by atoms with Crippen LogP contribution in [0.15, 0.2) is 182 Å². The maximum Gasteiger partial charge on any atom is 0.310 e. The molecule has 0 aromatic heterocycles.